The van der Waals surface area contributed by atoms with Crippen molar-refractivity contribution in [3.8, 4) is 0 Å². The van der Waals surface area contributed by atoms with Crippen molar-refractivity contribution >= 4 is 11.9 Å². The van der Waals surface area contributed by atoms with E-state index in [2.05, 4.69) is 27.0 Å². The van der Waals surface area contributed by atoms with Gasteiger partial charge in [-0.25, -0.2) is 4.99 Å². The molecule has 1 saturated carbocycles. The number of hydrogen-bond acceptors (Lipinski definition) is 3. The highest BCUT2D eigenvalue weighted by atomic mass is 16.2. The third-order valence-electron chi connectivity index (χ3n) is 5.10. The van der Waals surface area contributed by atoms with Gasteiger partial charge < -0.3 is 15.1 Å². The van der Waals surface area contributed by atoms with Gasteiger partial charge in [0.1, 0.15) is 6.54 Å². The number of likely N-dealkylation sites (N-methyl/N-ethyl adjacent to an activating group) is 1. The van der Waals surface area contributed by atoms with E-state index < -0.39 is 0 Å². The first-order valence-corrected chi connectivity index (χ1v) is 9.59. The van der Waals surface area contributed by atoms with Crippen LogP contribution in [0.1, 0.15) is 45.4 Å². The largest absolute Gasteiger partial charge is 0.356 e. The van der Waals surface area contributed by atoms with Gasteiger partial charge in [0.15, 0.2) is 5.96 Å². The van der Waals surface area contributed by atoms with Gasteiger partial charge in [-0.05, 0) is 19.3 Å². The molecule has 24 heavy (non-hydrogen) atoms. The van der Waals surface area contributed by atoms with Gasteiger partial charge in [0.2, 0.25) is 5.91 Å². The normalized spacial score (nSPS) is 21.0. The maximum Gasteiger partial charge on any atom is 0.243 e. The van der Waals surface area contributed by atoms with Crippen molar-refractivity contribution in [2.45, 2.75) is 51.5 Å². The van der Waals surface area contributed by atoms with Gasteiger partial charge in [-0.1, -0.05) is 26.2 Å². The standard InChI is InChI=1S/C18H35N5O/c1-4-10-19-18(20-15-17(24)21(2)3)23-13-11-22(12-14-23)16-8-6-5-7-9-16/h16H,4-15H2,1-3H3,(H,19,20). The second kappa shape index (κ2) is 9.87. The van der Waals surface area contributed by atoms with E-state index in [4.69, 9.17) is 0 Å². The van der Waals surface area contributed by atoms with Crippen LogP contribution in [-0.2, 0) is 4.79 Å². The second-order valence-corrected chi connectivity index (χ2v) is 7.17. The molecule has 2 aliphatic rings. The molecule has 1 aliphatic carbocycles. The molecule has 1 N–H and O–H groups in total. The number of aliphatic imine (C=N–C) groups is 1. The van der Waals surface area contributed by atoms with Crippen molar-refractivity contribution in [1.82, 2.24) is 20.0 Å². The highest BCUT2D eigenvalue weighted by Gasteiger charge is 2.26. The summed E-state index contributed by atoms with van der Waals surface area (Å²) in [5, 5.41) is 3.41. The van der Waals surface area contributed by atoms with Crippen LogP contribution in [0.2, 0.25) is 0 Å². The predicted octanol–water partition coefficient (Wildman–Crippen LogP) is 1.38. The van der Waals surface area contributed by atoms with Gasteiger partial charge >= 0.3 is 0 Å². The van der Waals surface area contributed by atoms with Crippen LogP contribution in [-0.4, -0.2) is 86.0 Å². The Morgan fingerprint density at radius 2 is 1.79 bits per heavy atom. The minimum atomic E-state index is 0.0478. The molecular formula is C18H35N5O. The lowest BCUT2D eigenvalue weighted by molar-refractivity contribution is -0.127. The Hall–Kier alpha value is -1.30. The lowest BCUT2D eigenvalue weighted by Crippen LogP contribution is -2.55. The molecule has 1 aliphatic heterocycles. The summed E-state index contributed by atoms with van der Waals surface area (Å²) in [6.07, 6.45) is 7.99. The Morgan fingerprint density at radius 1 is 1.12 bits per heavy atom. The molecule has 0 radical (unpaired) electrons. The van der Waals surface area contributed by atoms with Crippen molar-refractivity contribution in [3.63, 3.8) is 0 Å². The molecule has 0 atom stereocenters. The minimum absolute atomic E-state index is 0.0478. The van der Waals surface area contributed by atoms with Crippen LogP contribution >= 0.6 is 0 Å². The van der Waals surface area contributed by atoms with E-state index in [1.165, 1.54) is 32.1 Å². The van der Waals surface area contributed by atoms with Crippen LogP contribution in [0.5, 0.6) is 0 Å². The molecule has 0 spiro atoms. The fraction of sp³-hybridized carbons (Fsp3) is 0.889. The first kappa shape index (κ1) is 19.0. The highest BCUT2D eigenvalue weighted by molar-refractivity contribution is 5.84. The van der Waals surface area contributed by atoms with Gasteiger partial charge in [0.05, 0.1) is 0 Å². The Kier molecular flexibility index (Phi) is 7.82. The van der Waals surface area contributed by atoms with E-state index in [1.54, 1.807) is 19.0 Å². The fourth-order valence-electron chi connectivity index (χ4n) is 3.53. The monoisotopic (exact) mass is 337 g/mol. The van der Waals surface area contributed by atoms with Gasteiger partial charge in [-0.2, -0.15) is 0 Å². The molecule has 0 aromatic rings. The summed E-state index contributed by atoms with van der Waals surface area (Å²) in [6, 6.07) is 0.792. The fourth-order valence-corrected chi connectivity index (χ4v) is 3.53. The van der Waals surface area contributed by atoms with E-state index in [-0.39, 0.29) is 12.5 Å². The highest BCUT2D eigenvalue weighted by Crippen LogP contribution is 2.23. The summed E-state index contributed by atoms with van der Waals surface area (Å²) in [4.78, 5) is 23.0. The maximum atomic E-state index is 11.8. The third kappa shape index (κ3) is 5.65. The molecule has 0 unspecified atom stereocenters. The van der Waals surface area contributed by atoms with E-state index in [1.807, 2.05) is 0 Å². The number of carbonyl (C=O) groups excluding carboxylic acids is 1. The number of amides is 1. The lowest BCUT2D eigenvalue weighted by atomic mass is 9.94. The smallest absolute Gasteiger partial charge is 0.243 e. The third-order valence-corrected chi connectivity index (χ3v) is 5.10. The average molecular weight is 338 g/mol. The summed E-state index contributed by atoms with van der Waals surface area (Å²) >= 11 is 0. The summed E-state index contributed by atoms with van der Waals surface area (Å²) in [5.41, 5.74) is 0. The Morgan fingerprint density at radius 3 is 2.38 bits per heavy atom. The van der Waals surface area contributed by atoms with Crippen molar-refractivity contribution in [3.05, 3.63) is 0 Å². The summed E-state index contributed by atoms with van der Waals surface area (Å²) < 4.78 is 0. The molecule has 1 saturated heterocycles. The van der Waals surface area contributed by atoms with Crippen molar-refractivity contribution in [2.75, 3.05) is 53.4 Å². The molecule has 2 rings (SSSR count). The summed E-state index contributed by atoms with van der Waals surface area (Å²) in [7, 11) is 3.56. The Balaban J connectivity index is 1.88. The van der Waals surface area contributed by atoms with Gasteiger partial charge in [0, 0.05) is 52.9 Å². The topological polar surface area (TPSA) is 51.2 Å². The molecule has 0 aromatic carbocycles. The van der Waals surface area contributed by atoms with E-state index in [0.29, 0.717) is 0 Å². The Labute approximate surface area is 147 Å². The lowest BCUT2D eigenvalue weighted by Gasteiger charge is -2.41. The van der Waals surface area contributed by atoms with Crippen LogP contribution in [0.4, 0.5) is 0 Å². The number of carbonyl (C=O) groups is 1. The second-order valence-electron chi connectivity index (χ2n) is 7.17. The van der Waals surface area contributed by atoms with Gasteiger partial charge in [-0.3, -0.25) is 9.69 Å². The van der Waals surface area contributed by atoms with Crippen LogP contribution in [0.3, 0.4) is 0 Å². The van der Waals surface area contributed by atoms with E-state index >= 15 is 0 Å². The van der Waals surface area contributed by atoms with Crippen molar-refractivity contribution < 1.29 is 4.79 Å². The molecule has 6 nitrogen and oxygen atoms in total. The van der Waals surface area contributed by atoms with E-state index in [9.17, 15) is 4.79 Å². The number of nitrogens with zero attached hydrogens (tertiary/aromatic N) is 4. The number of rotatable bonds is 5. The number of guanidine groups is 1. The average Bonchev–Trinajstić information content (AvgIpc) is 2.62. The predicted molar refractivity (Wildman–Crippen MR) is 99.3 cm³/mol. The maximum absolute atomic E-state index is 11.8. The first-order valence-electron chi connectivity index (χ1n) is 9.59. The Bertz CT molecular complexity index is 410. The number of hydrogen-bond donors (Lipinski definition) is 1. The number of piperazine rings is 1. The molecule has 6 heteroatoms. The number of nitrogens with one attached hydrogen (secondary N) is 1. The molecule has 0 bridgehead atoms. The zero-order valence-electron chi connectivity index (χ0n) is 15.8. The first-order chi connectivity index (χ1) is 11.6. The summed E-state index contributed by atoms with van der Waals surface area (Å²) in [6.45, 7) is 7.50. The molecule has 1 heterocycles. The van der Waals surface area contributed by atoms with Crippen LogP contribution < -0.4 is 5.32 Å². The van der Waals surface area contributed by atoms with Crippen LogP contribution in [0, 0.1) is 0 Å². The quantitative estimate of drug-likeness (QED) is 0.608. The van der Waals surface area contributed by atoms with Crippen molar-refractivity contribution in [2.24, 2.45) is 4.99 Å². The molecular weight excluding hydrogens is 302 g/mol. The van der Waals surface area contributed by atoms with Crippen LogP contribution in [0.15, 0.2) is 4.99 Å². The zero-order valence-corrected chi connectivity index (χ0v) is 15.8. The SMILES string of the molecule is CCCNC(=NCC(=O)N(C)C)N1CCN(C2CCCCC2)CC1. The molecule has 2 fully saturated rings. The molecule has 138 valence electrons. The van der Waals surface area contributed by atoms with Crippen LogP contribution in [0.25, 0.3) is 0 Å². The zero-order chi connectivity index (χ0) is 17.4. The van der Waals surface area contributed by atoms with Gasteiger partial charge in [-0.15, -0.1) is 0 Å². The molecule has 0 aromatic heterocycles. The van der Waals surface area contributed by atoms with E-state index in [0.717, 1.165) is 51.1 Å². The molecule has 1 amide bonds. The minimum Gasteiger partial charge on any atom is -0.356 e. The van der Waals surface area contributed by atoms with Gasteiger partial charge in [0.25, 0.3) is 0 Å². The summed E-state index contributed by atoms with van der Waals surface area (Å²) in [5.74, 6) is 0.946. The van der Waals surface area contributed by atoms with Crippen molar-refractivity contribution in [1.29, 1.82) is 0 Å².